The lowest BCUT2D eigenvalue weighted by Gasteiger charge is -2.42. The second kappa shape index (κ2) is 15.9. The molecule has 0 atom stereocenters. The highest BCUT2D eigenvalue weighted by atomic mass is 19.1. The average Bonchev–Trinajstić information content (AvgIpc) is 3.22. The van der Waals surface area contributed by atoms with Crippen molar-refractivity contribution in [1.82, 2.24) is 25.3 Å². The summed E-state index contributed by atoms with van der Waals surface area (Å²) >= 11 is 0. The van der Waals surface area contributed by atoms with Crippen LogP contribution in [0.5, 0.6) is 0 Å². The molecule has 9 heteroatoms. The van der Waals surface area contributed by atoms with Gasteiger partial charge in [-0.15, -0.1) is 0 Å². The van der Waals surface area contributed by atoms with E-state index >= 15 is 0 Å². The quantitative estimate of drug-likeness (QED) is 0.519. The summed E-state index contributed by atoms with van der Waals surface area (Å²) in [4.78, 5) is 28.5. The van der Waals surface area contributed by atoms with E-state index < -0.39 is 17.6 Å². The van der Waals surface area contributed by atoms with Crippen LogP contribution in [0.3, 0.4) is 0 Å². The molecule has 0 aromatic carbocycles. The molecule has 7 nitrogen and oxygen atoms in total. The van der Waals surface area contributed by atoms with Gasteiger partial charge in [-0.05, 0) is 39.6 Å². The molecule has 1 aliphatic heterocycles. The van der Waals surface area contributed by atoms with Crippen LogP contribution in [0.4, 0.5) is 8.78 Å². The minimum atomic E-state index is -0.700. The Hall–Kier alpha value is -2.81. The number of aromatic amines is 1. The Kier molecular flexibility index (Phi) is 14.6. The van der Waals surface area contributed by atoms with Crippen LogP contribution in [0.25, 0.3) is 5.57 Å². The zero-order valence-corrected chi connectivity index (χ0v) is 21.9. The number of likely N-dealkylation sites (N-methyl/N-ethyl adjacent to an activating group) is 1. The van der Waals surface area contributed by atoms with E-state index in [0.29, 0.717) is 19.1 Å². The lowest BCUT2D eigenvalue weighted by Crippen LogP contribution is -2.59. The number of amides is 2. The third kappa shape index (κ3) is 8.85. The van der Waals surface area contributed by atoms with Gasteiger partial charge in [0.05, 0.1) is 17.5 Å². The van der Waals surface area contributed by atoms with E-state index in [0.717, 1.165) is 6.08 Å². The minimum Gasteiger partial charge on any atom is -0.351 e. The van der Waals surface area contributed by atoms with Crippen molar-refractivity contribution in [2.24, 2.45) is 0 Å². The summed E-state index contributed by atoms with van der Waals surface area (Å²) in [7, 11) is 3.93. The van der Waals surface area contributed by atoms with Crippen molar-refractivity contribution >= 4 is 17.4 Å². The number of nitrogens with zero attached hydrogens (tertiary/aromatic N) is 3. The number of halogens is 2. The summed E-state index contributed by atoms with van der Waals surface area (Å²) in [5, 5.41) is 8.99. The van der Waals surface area contributed by atoms with Crippen LogP contribution >= 0.6 is 0 Å². The lowest BCUT2D eigenvalue weighted by atomic mass is 9.99. The molecule has 2 rings (SSSR count). The molecule has 1 saturated heterocycles. The molecule has 34 heavy (non-hydrogen) atoms. The number of allylic oxidation sites excluding steroid dienone is 5. The minimum absolute atomic E-state index is 0.00158. The van der Waals surface area contributed by atoms with Crippen molar-refractivity contribution in [2.45, 2.75) is 60.4 Å². The van der Waals surface area contributed by atoms with Crippen LogP contribution in [-0.4, -0.2) is 71.6 Å². The SMILES string of the molecule is C=C/C(F)=C(C)\C(=C(/C)F)c1[nH]ncc1C(=O)NCCC(=O)N1CC(N(C)C)C1.CC.CCC. The molecule has 0 radical (unpaired) electrons. The molecular formula is C25H41F2N5O2. The van der Waals surface area contributed by atoms with Crippen molar-refractivity contribution in [3.05, 3.63) is 47.3 Å². The first-order chi connectivity index (χ1) is 16.1. The fourth-order valence-corrected chi connectivity index (χ4v) is 3.06. The van der Waals surface area contributed by atoms with Crippen LogP contribution in [0.15, 0.2) is 36.1 Å². The first-order valence-corrected chi connectivity index (χ1v) is 11.7. The maximum atomic E-state index is 14.1. The summed E-state index contributed by atoms with van der Waals surface area (Å²) in [6, 6.07) is 0.364. The summed E-state index contributed by atoms with van der Waals surface area (Å²) < 4.78 is 28.0. The molecule has 0 saturated carbocycles. The molecule has 0 spiro atoms. The van der Waals surface area contributed by atoms with Crippen LogP contribution in [-0.2, 0) is 4.79 Å². The predicted molar refractivity (Wildman–Crippen MR) is 135 cm³/mol. The Morgan fingerprint density at radius 2 is 1.82 bits per heavy atom. The molecule has 1 aliphatic rings. The van der Waals surface area contributed by atoms with E-state index in [2.05, 4.69) is 40.8 Å². The van der Waals surface area contributed by atoms with E-state index in [1.807, 2.05) is 27.9 Å². The number of hydrogen-bond donors (Lipinski definition) is 2. The third-order valence-electron chi connectivity index (χ3n) is 4.96. The van der Waals surface area contributed by atoms with Gasteiger partial charge in [-0.3, -0.25) is 14.7 Å². The molecule has 0 aliphatic carbocycles. The van der Waals surface area contributed by atoms with Gasteiger partial charge in [0.15, 0.2) is 0 Å². The van der Waals surface area contributed by atoms with Crippen LogP contribution in [0.1, 0.15) is 70.4 Å². The molecule has 2 amide bonds. The van der Waals surface area contributed by atoms with Crippen LogP contribution in [0, 0.1) is 0 Å². The number of nitrogens with one attached hydrogen (secondary N) is 2. The Morgan fingerprint density at radius 1 is 1.26 bits per heavy atom. The molecule has 2 heterocycles. The lowest BCUT2D eigenvalue weighted by molar-refractivity contribution is -0.137. The zero-order chi connectivity index (χ0) is 26.4. The highest BCUT2D eigenvalue weighted by Crippen LogP contribution is 2.31. The molecule has 0 unspecified atom stereocenters. The summed E-state index contributed by atoms with van der Waals surface area (Å²) in [5.74, 6) is -1.93. The number of likely N-dealkylation sites (tertiary alicyclic amines) is 1. The fraction of sp³-hybridized carbons (Fsp3) is 0.560. The maximum absolute atomic E-state index is 14.1. The van der Waals surface area contributed by atoms with Crippen LogP contribution in [0.2, 0.25) is 0 Å². The van der Waals surface area contributed by atoms with Crippen molar-refractivity contribution < 1.29 is 18.4 Å². The Bertz CT molecular complexity index is 864. The second-order valence-corrected chi connectivity index (χ2v) is 7.87. The average molecular weight is 482 g/mol. The number of carbonyl (C=O) groups excluding carboxylic acids is 2. The number of carbonyl (C=O) groups is 2. The van der Waals surface area contributed by atoms with Crippen LogP contribution < -0.4 is 5.32 Å². The molecule has 1 fully saturated rings. The van der Waals surface area contributed by atoms with Crippen molar-refractivity contribution in [1.29, 1.82) is 0 Å². The largest absolute Gasteiger partial charge is 0.351 e. The number of rotatable bonds is 8. The smallest absolute Gasteiger partial charge is 0.255 e. The zero-order valence-electron chi connectivity index (χ0n) is 21.9. The van der Waals surface area contributed by atoms with Crippen molar-refractivity contribution in [3.8, 4) is 0 Å². The molecular weight excluding hydrogens is 440 g/mol. The van der Waals surface area contributed by atoms with Gasteiger partial charge >= 0.3 is 0 Å². The van der Waals surface area contributed by atoms with Gasteiger partial charge in [0.1, 0.15) is 11.7 Å². The van der Waals surface area contributed by atoms with Gasteiger partial charge < -0.3 is 15.1 Å². The molecule has 1 aromatic heterocycles. The number of aromatic nitrogens is 2. The standard InChI is InChI=1S/C20H27F2N5O2.C3H8.C2H6/c1-6-16(22)12(2)18(13(3)21)19-15(9-24-25-19)20(29)23-8-7-17(28)27-10-14(11-27)26(4)5;1-3-2;1-2/h6,9,14H,1,7-8,10-11H2,2-5H3,(H,23,29)(H,24,25);3H2,1-2H3;1-2H3/b16-12+,18-13-;;. The van der Waals surface area contributed by atoms with E-state index in [1.54, 1.807) is 4.90 Å². The monoisotopic (exact) mass is 481 g/mol. The van der Waals surface area contributed by atoms with Crippen molar-refractivity contribution in [2.75, 3.05) is 33.7 Å². The van der Waals surface area contributed by atoms with Gasteiger partial charge in [0, 0.05) is 37.7 Å². The number of hydrogen-bond acceptors (Lipinski definition) is 4. The first-order valence-electron chi connectivity index (χ1n) is 11.7. The highest BCUT2D eigenvalue weighted by Gasteiger charge is 2.31. The van der Waals surface area contributed by atoms with E-state index in [-0.39, 0.29) is 41.3 Å². The fourth-order valence-electron chi connectivity index (χ4n) is 3.06. The summed E-state index contributed by atoms with van der Waals surface area (Å²) in [5.41, 5.74) is 0.0512. The Balaban J connectivity index is 0.00000201. The van der Waals surface area contributed by atoms with E-state index in [9.17, 15) is 18.4 Å². The molecule has 0 bridgehead atoms. The van der Waals surface area contributed by atoms with E-state index in [1.165, 1.54) is 26.5 Å². The van der Waals surface area contributed by atoms with Crippen molar-refractivity contribution in [3.63, 3.8) is 0 Å². The first kappa shape index (κ1) is 31.2. The van der Waals surface area contributed by atoms with Gasteiger partial charge in [-0.2, -0.15) is 5.10 Å². The molecule has 2 N–H and O–H groups in total. The number of H-pyrrole nitrogens is 1. The summed E-state index contributed by atoms with van der Waals surface area (Å²) in [6.45, 7) is 15.6. The third-order valence-corrected chi connectivity index (χ3v) is 4.96. The van der Waals surface area contributed by atoms with Gasteiger partial charge in [0.25, 0.3) is 5.91 Å². The summed E-state index contributed by atoms with van der Waals surface area (Å²) in [6.07, 6.45) is 3.62. The molecule has 1 aromatic rings. The van der Waals surface area contributed by atoms with Gasteiger partial charge in [-0.1, -0.05) is 40.7 Å². The maximum Gasteiger partial charge on any atom is 0.255 e. The Labute approximate surface area is 203 Å². The topological polar surface area (TPSA) is 81.3 Å². The predicted octanol–water partition coefficient (Wildman–Crippen LogP) is 4.87. The Morgan fingerprint density at radius 3 is 2.29 bits per heavy atom. The molecule has 192 valence electrons. The normalized spacial score (nSPS) is 14.5. The van der Waals surface area contributed by atoms with E-state index in [4.69, 9.17) is 0 Å². The second-order valence-electron chi connectivity index (χ2n) is 7.87. The van der Waals surface area contributed by atoms with Gasteiger partial charge in [-0.25, -0.2) is 8.78 Å². The van der Waals surface area contributed by atoms with Gasteiger partial charge in [0.2, 0.25) is 5.91 Å². The highest BCUT2D eigenvalue weighted by molar-refractivity contribution is 6.00.